The molecular weight excluding hydrogens is 188 g/mol. The van der Waals surface area contributed by atoms with Crippen molar-refractivity contribution in [3.8, 4) is 0 Å². The second-order valence-corrected chi connectivity index (χ2v) is 3.87. The smallest absolute Gasteiger partial charge is 0.0642 e. The number of nitrogens with two attached hydrogens (primary N) is 1. The van der Waals surface area contributed by atoms with Crippen molar-refractivity contribution in [1.29, 1.82) is 0 Å². The van der Waals surface area contributed by atoms with Crippen LogP contribution in [0.1, 0.15) is 19.4 Å². The number of rotatable bonds is 5. The zero-order valence-electron chi connectivity index (χ0n) is 9.71. The van der Waals surface area contributed by atoms with Crippen molar-refractivity contribution in [1.82, 2.24) is 0 Å². The Labute approximate surface area is 91.6 Å². The summed E-state index contributed by atoms with van der Waals surface area (Å²) < 4.78 is 5.44. The molecule has 0 saturated heterocycles. The Morgan fingerprint density at radius 2 is 2.13 bits per heavy atom. The second-order valence-electron chi connectivity index (χ2n) is 3.87. The van der Waals surface area contributed by atoms with Gasteiger partial charge in [-0.2, -0.15) is 0 Å². The zero-order valence-corrected chi connectivity index (χ0v) is 9.71. The summed E-state index contributed by atoms with van der Waals surface area (Å²) in [6.45, 7) is 7.60. The summed E-state index contributed by atoms with van der Waals surface area (Å²) in [5.41, 5.74) is 8.81. The molecule has 0 aromatic heterocycles. The molecule has 1 aromatic rings. The number of nitrogen functional groups attached to an aromatic ring is 1. The van der Waals surface area contributed by atoms with Crippen LogP contribution >= 0.6 is 0 Å². The van der Waals surface area contributed by atoms with Gasteiger partial charge in [-0.3, -0.25) is 0 Å². The normalized spacial score (nSPS) is 10.7. The molecule has 0 unspecified atom stereocenters. The summed E-state index contributed by atoms with van der Waals surface area (Å²) in [7, 11) is 0. The molecule has 1 rings (SSSR count). The van der Waals surface area contributed by atoms with E-state index < -0.39 is 0 Å². The molecule has 0 bridgehead atoms. The molecule has 3 N–H and O–H groups in total. The lowest BCUT2D eigenvalue weighted by Crippen LogP contribution is -2.13. The lowest BCUT2D eigenvalue weighted by Gasteiger charge is -2.12. The minimum Gasteiger partial charge on any atom is -0.398 e. The van der Waals surface area contributed by atoms with Crippen LogP contribution in [0.25, 0.3) is 0 Å². The standard InChI is InChI=1S/C12H20N2O/c1-9(2)15-8-7-14-12-6-4-5-11(13)10(12)3/h4-6,9,14H,7-8,13H2,1-3H3. The first-order valence-corrected chi connectivity index (χ1v) is 5.32. The third kappa shape index (κ3) is 3.80. The van der Waals surface area contributed by atoms with Crippen molar-refractivity contribution in [2.24, 2.45) is 0 Å². The monoisotopic (exact) mass is 208 g/mol. The van der Waals surface area contributed by atoms with Crippen LogP contribution in [-0.2, 0) is 4.74 Å². The van der Waals surface area contributed by atoms with E-state index in [1.54, 1.807) is 0 Å². The fourth-order valence-corrected chi connectivity index (χ4v) is 1.33. The molecule has 0 heterocycles. The fourth-order valence-electron chi connectivity index (χ4n) is 1.33. The highest BCUT2D eigenvalue weighted by Gasteiger charge is 2.00. The van der Waals surface area contributed by atoms with E-state index in [0.29, 0.717) is 6.61 Å². The number of benzene rings is 1. The van der Waals surface area contributed by atoms with E-state index >= 15 is 0 Å². The van der Waals surface area contributed by atoms with Gasteiger partial charge in [0.15, 0.2) is 0 Å². The van der Waals surface area contributed by atoms with Crippen molar-refractivity contribution in [3.05, 3.63) is 23.8 Å². The Hall–Kier alpha value is -1.22. The average molecular weight is 208 g/mol. The van der Waals surface area contributed by atoms with Crippen LogP contribution in [-0.4, -0.2) is 19.3 Å². The highest BCUT2D eigenvalue weighted by Crippen LogP contribution is 2.19. The molecule has 0 aliphatic heterocycles. The Balaban J connectivity index is 2.41. The highest BCUT2D eigenvalue weighted by molar-refractivity contribution is 5.62. The molecule has 0 amide bonds. The Kier molecular flexibility index (Phi) is 4.43. The zero-order chi connectivity index (χ0) is 11.3. The number of nitrogens with one attached hydrogen (secondary N) is 1. The lowest BCUT2D eigenvalue weighted by atomic mass is 10.1. The maximum Gasteiger partial charge on any atom is 0.0642 e. The molecule has 0 spiro atoms. The highest BCUT2D eigenvalue weighted by atomic mass is 16.5. The summed E-state index contributed by atoms with van der Waals surface area (Å²) in [6, 6.07) is 5.89. The number of hydrogen-bond donors (Lipinski definition) is 2. The van der Waals surface area contributed by atoms with Crippen LogP contribution in [0.4, 0.5) is 11.4 Å². The van der Waals surface area contributed by atoms with Crippen molar-refractivity contribution in [3.63, 3.8) is 0 Å². The molecule has 3 heteroatoms. The van der Waals surface area contributed by atoms with E-state index in [4.69, 9.17) is 10.5 Å². The number of anilines is 2. The van der Waals surface area contributed by atoms with E-state index in [1.807, 2.05) is 39.0 Å². The van der Waals surface area contributed by atoms with Crippen molar-refractivity contribution in [2.75, 3.05) is 24.2 Å². The van der Waals surface area contributed by atoms with E-state index in [2.05, 4.69) is 5.32 Å². The van der Waals surface area contributed by atoms with Gasteiger partial charge in [-0.25, -0.2) is 0 Å². The summed E-state index contributed by atoms with van der Waals surface area (Å²) >= 11 is 0. The van der Waals surface area contributed by atoms with Gasteiger partial charge < -0.3 is 15.8 Å². The lowest BCUT2D eigenvalue weighted by molar-refractivity contribution is 0.0870. The molecule has 0 aliphatic rings. The van der Waals surface area contributed by atoms with Gasteiger partial charge in [0.1, 0.15) is 0 Å². The Morgan fingerprint density at radius 3 is 2.80 bits per heavy atom. The van der Waals surface area contributed by atoms with Crippen molar-refractivity contribution >= 4 is 11.4 Å². The van der Waals surface area contributed by atoms with Crippen molar-refractivity contribution < 1.29 is 4.74 Å². The third-order valence-corrected chi connectivity index (χ3v) is 2.24. The first kappa shape index (κ1) is 11.9. The van der Waals surface area contributed by atoms with Gasteiger partial charge in [0.2, 0.25) is 0 Å². The molecule has 3 nitrogen and oxygen atoms in total. The largest absolute Gasteiger partial charge is 0.398 e. The molecule has 1 aromatic carbocycles. The third-order valence-electron chi connectivity index (χ3n) is 2.24. The maximum atomic E-state index is 5.80. The maximum absolute atomic E-state index is 5.80. The van der Waals surface area contributed by atoms with Gasteiger partial charge in [0.05, 0.1) is 12.7 Å². The minimum absolute atomic E-state index is 0.286. The molecule has 0 fully saturated rings. The first-order valence-electron chi connectivity index (χ1n) is 5.32. The van der Waals surface area contributed by atoms with E-state index in [-0.39, 0.29) is 6.10 Å². The first-order chi connectivity index (χ1) is 7.11. The molecule has 15 heavy (non-hydrogen) atoms. The molecule has 0 aliphatic carbocycles. The predicted molar refractivity (Wildman–Crippen MR) is 65.2 cm³/mol. The predicted octanol–water partition coefficient (Wildman–Crippen LogP) is 2.41. The summed E-state index contributed by atoms with van der Waals surface area (Å²) in [5.74, 6) is 0. The van der Waals surface area contributed by atoms with E-state index in [1.165, 1.54) is 0 Å². The van der Waals surface area contributed by atoms with Gasteiger partial charge in [-0.1, -0.05) is 6.07 Å². The van der Waals surface area contributed by atoms with Gasteiger partial charge in [0, 0.05) is 17.9 Å². The number of ether oxygens (including phenoxy) is 1. The number of hydrogen-bond acceptors (Lipinski definition) is 3. The minimum atomic E-state index is 0.286. The van der Waals surface area contributed by atoms with Gasteiger partial charge in [-0.05, 0) is 38.5 Å². The fraction of sp³-hybridized carbons (Fsp3) is 0.500. The van der Waals surface area contributed by atoms with Crippen molar-refractivity contribution in [2.45, 2.75) is 26.9 Å². The average Bonchev–Trinajstić information content (AvgIpc) is 2.18. The van der Waals surface area contributed by atoms with Crippen LogP contribution < -0.4 is 11.1 Å². The Morgan fingerprint density at radius 1 is 1.40 bits per heavy atom. The van der Waals surface area contributed by atoms with E-state index in [0.717, 1.165) is 23.5 Å². The quantitative estimate of drug-likeness (QED) is 0.577. The van der Waals surface area contributed by atoms with Crippen LogP contribution in [0.5, 0.6) is 0 Å². The van der Waals surface area contributed by atoms with Crippen LogP contribution in [0.15, 0.2) is 18.2 Å². The summed E-state index contributed by atoms with van der Waals surface area (Å²) in [5, 5.41) is 3.30. The molecule has 0 atom stereocenters. The van der Waals surface area contributed by atoms with E-state index in [9.17, 15) is 0 Å². The Bertz CT molecular complexity index is 310. The molecule has 0 saturated carbocycles. The molecule has 0 radical (unpaired) electrons. The van der Waals surface area contributed by atoms with Gasteiger partial charge >= 0.3 is 0 Å². The SMILES string of the molecule is Cc1c(N)cccc1NCCOC(C)C. The van der Waals surface area contributed by atoms with Gasteiger partial charge in [-0.15, -0.1) is 0 Å². The molecular formula is C12H20N2O. The topological polar surface area (TPSA) is 47.3 Å². The summed E-state index contributed by atoms with van der Waals surface area (Å²) in [6.07, 6.45) is 0.286. The van der Waals surface area contributed by atoms with Crippen LogP contribution in [0, 0.1) is 6.92 Å². The van der Waals surface area contributed by atoms with Crippen LogP contribution in [0.2, 0.25) is 0 Å². The van der Waals surface area contributed by atoms with Crippen LogP contribution in [0.3, 0.4) is 0 Å². The van der Waals surface area contributed by atoms with Gasteiger partial charge in [0.25, 0.3) is 0 Å². The summed E-state index contributed by atoms with van der Waals surface area (Å²) in [4.78, 5) is 0. The second kappa shape index (κ2) is 5.61. The molecule has 84 valence electrons.